The molecule has 9 heteroatoms. The smallest absolute Gasteiger partial charge is 0.253 e. The quantitative estimate of drug-likeness (QED) is 0.669. The highest BCUT2D eigenvalue weighted by molar-refractivity contribution is 6.36. The van der Waals surface area contributed by atoms with Gasteiger partial charge in [-0.15, -0.1) is 0 Å². The fourth-order valence-electron chi connectivity index (χ4n) is 4.09. The topological polar surface area (TPSA) is 75.7 Å². The molecule has 2 aromatic rings. The lowest BCUT2D eigenvalue weighted by Crippen LogP contribution is -2.53. The Bertz CT molecular complexity index is 1110. The summed E-state index contributed by atoms with van der Waals surface area (Å²) < 4.78 is 6.26. The zero-order valence-electron chi connectivity index (χ0n) is 17.3. The van der Waals surface area contributed by atoms with Gasteiger partial charge < -0.3 is 15.0 Å². The number of rotatable bonds is 3. The molecule has 0 bridgehead atoms. The molecule has 1 spiro atoms. The van der Waals surface area contributed by atoms with Crippen LogP contribution in [0.5, 0.6) is 5.75 Å². The second-order valence-electron chi connectivity index (χ2n) is 8.17. The van der Waals surface area contributed by atoms with Crippen molar-refractivity contribution >= 4 is 52.4 Å². The van der Waals surface area contributed by atoms with Crippen LogP contribution in [0.2, 0.25) is 15.1 Å². The van der Waals surface area contributed by atoms with E-state index in [4.69, 9.17) is 39.5 Å². The van der Waals surface area contributed by atoms with E-state index in [1.807, 2.05) is 6.92 Å². The predicted molar refractivity (Wildman–Crippen MR) is 123 cm³/mol. The number of hydrogen-bond donors (Lipinski definition) is 1. The summed E-state index contributed by atoms with van der Waals surface area (Å²) in [7, 11) is 0. The lowest BCUT2D eigenvalue weighted by atomic mass is 9.82. The maximum atomic E-state index is 12.7. The van der Waals surface area contributed by atoms with E-state index in [-0.39, 0.29) is 35.2 Å². The van der Waals surface area contributed by atoms with Gasteiger partial charge in [-0.3, -0.25) is 14.4 Å². The molecular formula is C23H21Cl3N2O4. The normalized spacial score (nSPS) is 17.0. The number of likely N-dealkylation sites (tertiary alicyclic amines) is 1. The molecule has 6 nitrogen and oxygen atoms in total. The Labute approximate surface area is 200 Å². The number of nitrogens with zero attached hydrogens (tertiary/aromatic N) is 1. The number of piperidine rings is 1. The largest absolute Gasteiger partial charge is 0.486 e. The van der Waals surface area contributed by atoms with Gasteiger partial charge in [0.15, 0.2) is 5.78 Å². The van der Waals surface area contributed by atoms with Gasteiger partial charge in [0.1, 0.15) is 11.4 Å². The summed E-state index contributed by atoms with van der Waals surface area (Å²) >= 11 is 18.1. The Morgan fingerprint density at radius 1 is 1.09 bits per heavy atom. The SMILES string of the molecule is Cc1cc2c(cc1Cl)C(=O)CC1(CCN(C(=O)CNC(=O)c3ccc(Cl)cc3Cl)CC1)O2. The van der Waals surface area contributed by atoms with Crippen LogP contribution in [0.1, 0.15) is 45.5 Å². The number of Topliss-reactive ketones (excluding diaryl/α,β-unsaturated/α-hetero) is 1. The minimum absolute atomic E-state index is 0.0000306. The molecule has 0 atom stereocenters. The van der Waals surface area contributed by atoms with Crippen LogP contribution in [0.25, 0.3) is 0 Å². The molecule has 0 aliphatic carbocycles. The number of hydrogen-bond acceptors (Lipinski definition) is 4. The molecule has 1 fully saturated rings. The van der Waals surface area contributed by atoms with Crippen LogP contribution >= 0.6 is 34.8 Å². The highest BCUT2D eigenvalue weighted by atomic mass is 35.5. The Hall–Kier alpha value is -2.28. The third kappa shape index (κ3) is 4.58. The number of ketones is 1. The van der Waals surface area contributed by atoms with Crippen molar-refractivity contribution in [2.75, 3.05) is 19.6 Å². The molecule has 32 heavy (non-hydrogen) atoms. The van der Waals surface area contributed by atoms with Crippen LogP contribution in [0.4, 0.5) is 0 Å². The second-order valence-corrected chi connectivity index (χ2v) is 9.42. The molecule has 2 aromatic carbocycles. The number of amides is 2. The minimum atomic E-state index is -0.624. The Morgan fingerprint density at radius 2 is 1.81 bits per heavy atom. The van der Waals surface area contributed by atoms with Gasteiger partial charge in [0, 0.05) is 36.0 Å². The van der Waals surface area contributed by atoms with E-state index in [0.29, 0.717) is 47.3 Å². The van der Waals surface area contributed by atoms with E-state index < -0.39 is 11.5 Å². The summed E-state index contributed by atoms with van der Waals surface area (Å²) in [6.07, 6.45) is 1.32. The van der Waals surface area contributed by atoms with Crippen molar-refractivity contribution in [2.24, 2.45) is 0 Å². The summed E-state index contributed by atoms with van der Waals surface area (Å²) in [5.41, 5.74) is 0.985. The lowest BCUT2D eigenvalue weighted by Gasteiger charge is -2.44. The zero-order valence-corrected chi connectivity index (χ0v) is 19.6. The number of carbonyl (C=O) groups excluding carboxylic acids is 3. The first-order chi connectivity index (χ1) is 15.2. The van der Waals surface area contributed by atoms with Gasteiger partial charge >= 0.3 is 0 Å². The van der Waals surface area contributed by atoms with Crippen molar-refractivity contribution in [2.45, 2.75) is 31.8 Å². The molecule has 2 aliphatic heterocycles. The molecule has 2 heterocycles. The molecule has 1 N–H and O–H groups in total. The molecule has 1 saturated heterocycles. The van der Waals surface area contributed by atoms with Crippen LogP contribution in [-0.2, 0) is 4.79 Å². The van der Waals surface area contributed by atoms with E-state index in [1.165, 1.54) is 12.1 Å². The maximum Gasteiger partial charge on any atom is 0.253 e. The average Bonchev–Trinajstić information content (AvgIpc) is 2.74. The van der Waals surface area contributed by atoms with Crippen LogP contribution in [-0.4, -0.2) is 47.7 Å². The number of ether oxygens (including phenoxy) is 1. The van der Waals surface area contributed by atoms with E-state index in [0.717, 1.165) is 5.56 Å². The first kappa shape index (κ1) is 22.9. The monoisotopic (exact) mass is 494 g/mol. The number of halogens is 3. The summed E-state index contributed by atoms with van der Waals surface area (Å²) in [4.78, 5) is 39.3. The number of fused-ring (bicyclic) bond motifs is 1. The van der Waals surface area contributed by atoms with Gasteiger partial charge in [-0.2, -0.15) is 0 Å². The summed E-state index contributed by atoms with van der Waals surface area (Å²) in [5, 5.41) is 3.79. The average molecular weight is 496 g/mol. The predicted octanol–water partition coefficient (Wildman–Crippen LogP) is 4.71. The Kier molecular flexibility index (Phi) is 6.39. The Morgan fingerprint density at radius 3 is 2.50 bits per heavy atom. The molecule has 4 rings (SSSR count). The van der Waals surface area contributed by atoms with Crippen molar-refractivity contribution in [1.29, 1.82) is 0 Å². The molecule has 0 saturated carbocycles. The van der Waals surface area contributed by atoms with Gasteiger partial charge in [0.2, 0.25) is 5.91 Å². The van der Waals surface area contributed by atoms with Crippen LogP contribution in [0.15, 0.2) is 30.3 Å². The van der Waals surface area contributed by atoms with E-state index in [2.05, 4.69) is 5.32 Å². The summed E-state index contributed by atoms with van der Waals surface area (Å²) in [6.45, 7) is 2.59. The van der Waals surface area contributed by atoms with Crippen molar-refractivity contribution < 1.29 is 19.1 Å². The summed E-state index contributed by atoms with van der Waals surface area (Å²) in [6, 6.07) is 8.01. The summed E-state index contributed by atoms with van der Waals surface area (Å²) in [5.74, 6) is -0.0983. The Balaban J connectivity index is 1.35. The van der Waals surface area contributed by atoms with Crippen LogP contribution in [0, 0.1) is 6.92 Å². The minimum Gasteiger partial charge on any atom is -0.486 e. The third-order valence-electron chi connectivity index (χ3n) is 5.97. The van der Waals surface area contributed by atoms with Crippen molar-refractivity contribution in [3.8, 4) is 5.75 Å². The van der Waals surface area contributed by atoms with Crippen molar-refractivity contribution in [1.82, 2.24) is 10.2 Å². The highest BCUT2D eigenvalue weighted by Gasteiger charge is 2.43. The maximum absolute atomic E-state index is 12.7. The lowest BCUT2D eigenvalue weighted by molar-refractivity contribution is -0.133. The first-order valence-corrected chi connectivity index (χ1v) is 11.3. The van der Waals surface area contributed by atoms with Crippen molar-refractivity contribution in [3.63, 3.8) is 0 Å². The molecule has 168 valence electrons. The first-order valence-electron chi connectivity index (χ1n) is 10.2. The van der Waals surface area contributed by atoms with E-state index in [1.54, 1.807) is 23.1 Å². The van der Waals surface area contributed by atoms with Gasteiger partial charge in [0.05, 0.1) is 29.1 Å². The van der Waals surface area contributed by atoms with Gasteiger partial charge in [-0.25, -0.2) is 0 Å². The molecule has 0 aromatic heterocycles. The van der Waals surface area contributed by atoms with Crippen LogP contribution in [0.3, 0.4) is 0 Å². The van der Waals surface area contributed by atoms with Gasteiger partial charge in [0.25, 0.3) is 5.91 Å². The second kappa shape index (κ2) is 8.93. The van der Waals surface area contributed by atoms with Crippen LogP contribution < -0.4 is 10.1 Å². The number of aryl methyl sites for hydroxylation is 1. The molecule has 0 radical (unpaired) electrons. The zero-order chi connectivity index (χ0) is 23.0. The molecule has 2 amide bonds. The fraction of sp³-hybridized carbons (Fsp3) is 0.348. The number of benzene rings is 2. The molecule has 2 aliphatic rings. The molecular weight excluding hydrogens is 475 g/mol. The van der Waals surface area contributed by atoms with E-state index >= 15 is 0 Å². The fourth-order valence-corrected chi connectivity index (χ4v) is 4.75. The molecule has 0 unspecified atom stereocenters. The standard InChI is InChI=1S/C23H21Cl3N2O4/c1-13-8-20-16(10-17(13)25)19(29)11-23(32-20)4-6-28(7-5-23)21(30)12-27-22(31)15-3-2-14(24)9-18(15)26/h2-3,8-10H,4-7,11-12H2,1H3,(H,27,31). The highest BCUT2D eigenvalue weighted by Crippen LogP contribution is 2.41. The number of nitrogens with one attached hydrogen (secondary N) is 1. The van der Waals surface area contributed by atoms with Gasteiger partial charge in [-0.05, 0) is 42.8 Å². The van der Waals surface area contributed by atoms with Crippen molar-refractivity contribution in [3.05, 3.63) is 62.1 Å². The van der Waals surface area contributed by atoms with Gasteiger partial charge in [-0.1, -0.05) is 34.8 Å². The number of carbonyl (C=O) groups is 3. The van der Waals surface area contributed by atoms with E-state index in [9.17, 15) is 14.4 Å². The third-order valence-corrected chi connectivity index (χ3v) is 6.93.